The second-order valence-electron chi connectivity index (χ2n) is 2.02. The van der Waals surface area contributed by atoms with E-state index < -0.39 is 5.56 Å². The Morgan fingerprint density at radius 1 is 1.33 bits per heavy atom. The Hall–Kier alpha value is 0.540. The van der Waals surface area contributed by atoms with Crippen LogP contribution in [0.25, 0.3) is 0 Å². The highest BCUT2D eigenvalue weighted by atomic mass is 35.5. The number of alkyl halides is 2. The number of aliphatic hydroxyl groups is 1. The van der Waals surface area contributed by atoms with Gasteiger partial charge in [-0.05, 0) is 19.3 Å². The summed E-state index contributed by atoms with van der Waals surface area (Å²) in [6.07, 6.45) is 2.32. The van der Waals surface area contributed by atoms with Crippen LogP contribution in [-0.2, 0) is 0 Å². The summed E-state index contributed by atoms with van der Waals surface area (Å²) in [7, 11) is 0. The Balaban J connectivity index is 3.06. The number of hydrogen-bond acceptors (Lipinski definition) is 1. The molecular weight excluding hydrogens is 159 g/mol. The standard InChI is InChI=1S/C6H12Cl2O/c1-2-5(7)3-4-6(8)9/h5-6,9H,2-4H2,1H3. The fraction of sp³-hybridized carbons (Fsp3) is 1.00. The molecule has 0 spiro atoms. The van der Waals surface area contributed by atoms with Gasteiger partial charge in [0.2, 0.25) is 0 Å². The monoisotopic (exact) mass is 170 g/mol. The maximum absolute atomic E-state index is 8.60. The number of halogens is 2. The Bertz CT molecular complexity index is 66.1. The molecule has 56 valence electrons. The second kappa shape index (κ2) is 5.33. The Morgan fingerprint density at radius 3 is 2.22 bits per heavy atom. The first-order chi connectivity index (χ1) is 4.16. The van der Waals surface area contributed by atoms with Crippen molar-refractivity contribution in [3.05, 3.63) is 0 Å². The van der Waals surface area contributed by atoms with E-state index in [0.29, 0.717) is 6.42 Å². The molecule has 0 bridgehead atoms. The van der Waals surface area contributed by atoms with Crippen LogP contribution in [0.2, 0.25) is 0 Å². The molecule has 0 saturated heterocycles. The van der Waals surface area contributed by atoms with Gasteiger partial charge in [0.25, 0.3) is 0 Å². The topological polar surface area (TPSA) is 20.2 Å². The molecule has 0 amide bonds. The molecule has 0 aliphatic rings. The first kappa shape index (κ1) is 9.54. The van der Waals surface area contributed by atoms with E-state index in [0.717, 1.165) is 12.8 Å². The number of aliphatic hydroxyl groups excluding tert-OH is 1. The van der Waals surface area contributed by atoms with Crippen LogP contribution in [0.15, 0.2) is 0 Å². The third-order valence-corrected chi connectivity index (χ3v) is 1.91. The third kappa shape index (κ3) is 6.42. The van der Waals surface area contributed by atoms with E-state index in [4.69, 9.17) is 28.3 Å². The van der Waals surface area contributed by atoms with Crippen molar-refractivity contribution in [3.63, 3.8) is 0 Å². The summed E-state index contributed by atoms with van der Waals surface area (Å²) in [5.74, 6) is 0. The molecule has 0 radical (unpaired) electrons. The summed E-state index contributed by atoms with van der Waals surface area (Å²) in [5.41, 5.74) is -0.724. The lowest BCUT2D eigenvalue weighted by Gasteiger charge is -2.05. The molecule has 0 heterocycles. The fourth-order valence-electron chi connectivity index (χ4n) is 0.522. The molecule has 0 aromatic heterocycles. The van der Waals surface area contributed by atoms with Gasteiger partial charge in [-0.2, -0.15) is 0 Å². The summed E-state index contributed by atoms with van der Waals surface area (Å²) in [5, 5.41) is 8.77. The van der Waals surface area contributed by atoms with Crippen molar-refractivity contribution in [2.75, 3.05) is 0 Å². The van der Waals surface area contributed by atoms with Crippen LogP contribution in [0.4, 0.5) is 0 Å². The first-order valence-electron chi connectivity index (χ1n) is 3.13. The SMILES string of the molecule is CCC(Cl)CCC(O)Cl. The summed E-state index contributed by atoms with van der Waals surface area (Å²) < 4.78 is 0. The maximum Gasteiger partial charge on any atom is 0.128 e. The molecule has 0 aromatic carbocycles. The summed E-state index contributed by atoms with van der Waals surface area (Å²) >= 11 is 11.0. The van der Waals surface area contributed by atoms with E-state index in [1.165, 1.54) is 0 Å². The molecule has 2 atom stereocenters. The highest BCUT2D eigenvalue weighted by molar-refractivity contribution is 6.21. The fourth-order valence-corrected chi connectivity index (χ4v) is 0.774. The van der Waals surface area contributed by atoms with Crippen LogP contribution >= 0.6 is 23.2 Å². The lowest BCUT2D eigenvalue weighted by Crippen LogP contribution is -2.02. The Morgan fingerprint density at radius 2 is 1.89 bits per heavy atom. The second-order valence-corrected chi connectivity index (χ2v) is 3.14. The van der Waals surface area contributed by atoms with Crippen molar-refractivity contribution in [2.45, 2.75) is 37.1 Å². The molecule has 1 N–H and O–H groups in total. The van der Waals surface area contributed by atoms with Gasteiger partial charge in [0, 0.05) is 5.38 Å². The van der Waals surface area contributed by atoms with Crippen LogP contribution in [-0.4, -0.2) is 16.0 Å². The third-order valence-electron chi connectivity index (χ3n) is 1.16. The normalized spacial score (nSPS) is 17.3. The molecule has 0 fully saturated rings. The smallest absolute Gasteiger partial charge is 0.128 e. The predicted octanol–water partition coefficient (Wildman–Crippen LogP) is 2.34. The summed E-state index contributed by atoms with van der Waals surface area (Å²) in [6.45, 7) is 2.01. The molecular formula is C6H12Cl2O. The zero-order valence-corrected chi connectivity index (χ0v) is 6.99. The Kier molecular flexibility index (Phi) is 5.65. The zero-order chi connectivity index (χ0) is 7.28. The van der Waals surface area contributed by atoms with Gasteiger partial charge in [-0.1, -0.05) is 18.5 Å². The van der Waals surface area contributed by atoms with E-state index in [1.54, 1.807) is 0 Å². The van der Waals surface area contributed by atoms with Gasteiger partial charge in [-0.15, -0.1) is 11.6 Å². The van der Waals surface area contributed by atoms with Crippen molar-refractivity contribution in [1.82, 2.24) is 0 Å². The minimum absolute atomic E-state index is 0.165. The molecule has 0 saturated carbocycles. The van der Waals surface area contributed by atoms with Gasteiger partial charge in [0.1, 0.15) is 5.56 Å². The minimum atomic E-state index is -0.724. The van der Waals surface area contributed by atoms with Crippen LogP contribution < -0.4 is 0 Å². The first-order valence-corrected chi connectivity index (χ1v) is 4.00. The van der Waals surface area contributed by atoms with E-state index in [-0.39, 0.29) is 5.38 Å². The van der Waals surface area contributed by atoms with Gasteiger partial charge in [-0.3, -0.25) is 0 Å². The van der Waals surface area contributed by atoms with Crippen molar-refractivity contribution >= 4 is 23.2 Å². The van der Waals surface area contributed by atoms with Crippen LogP contribution in [0, 0.1) is 0 Å². The van der Waals surface area contributed by atoms with Gasteiger partial charge < -0.3 is 5.11 Å². The lowest BCUT2D eigenvalue weighted by atomic mass is 10.2. The molecule has 0 aliphatic heterocycles. The molecule has 0 aliphatic carbocycles. The van der Waals surface area contributed by atoms with Crippen LogP contribution in [0.5, 0.6) is 0 Å². The van der Waals surface area contributed by atoms with Crippen molar-refractivity contribution in [1.29, 1.82) is 0 Å². The van der Waals surface area contributed by atoms with Gasteiger partial charge in [0.15, 0.2) is 0 Å². The van der Waals surface area contributed by atoms with Gasteiger partial charge in [0.05, 0.1) is 0 Å². The molecule has 0 rings (SSSR count). The molecule has 0 aromatic rings. The molecule has 3 heteroatoms. The number of hydrogen-bond donors (Lipinski definition) is 1. The maximum atomic E-state index is 8.60. The quantitative estimate of drug-likeness (QED) is 0.643. The predicted molar refractivity (Wildman–Crippen MR) is 41.0 cm³/mol. The molecule has 2 unspecified atom stereocenters. The highest BCUT2D eigenvalue weighted by Gasteiger charge is 2.03. The average Bonchev–Trinajstić information content (AvgIpc) is 1.83. The largest absolute Gasteiger partial charge is 0.378 e. The minimum Gasteiger partial charge on any atom is -0.378 e. The van der Waals surface area contributed by atoms with Gasteiger partial charge in [-0.25, -0.2) is 0 Å². The van der Waals surface area contributed by atoms with E-state index >= 15 is 0 Å². The van der Waals surface area contributed by atoms with Crippen LogP contribution in [0.3, 0.4) is 0 Å². The average molecular weight is 171 g/mol. The van der Waals surface area contributed by atoms with E-state index in [1.807, 2.05) is 6.92 Å². The van der Waals surface area contributed by atoms with Gasteiger partial charge >= 0.3 is 0 Å². The van der Waals surface area contributed by atoms with E-state index in [2.05, 4.69) is 0 Å². The summed E-state index contributed by atoms with van der Waals surface area (Å²) in [4.78, 5) is 0. The van der Waals surface area contributed by atoms with Crippen molar-refractivity contribution in [3.8, 4) is 0 Å². The highest BCUT2D eigenvalue weighted by Crippen LogP contribution is 2.12. The Labute approximate surface area is 66.0 Å². The van der Waals surface area contributed by atoms with Crippen molar-refractivity contribution in [2.24, 2.45) is 0 Å². The molecule has 1 nitrogen and oxygen atoms in total. The number of rotatable bonds is 4. The summed E-state index contributed by atoms with van der Waals surface area (Å²) in [6, 6.07) is 0. The van der Waals surface area contributed by atoms with Crippen molar-refractivity contribution < 1.29 is 5.11 Å². The zero-order valence-electron chi connectivity index (χ0n) is 5.48. The van der Waals surface area contributed by atoms with E-state index in [9.17, 15) is 0 Å². The van der Waals surface area contributed by atoms with Crippen LogP contribution in [0.1, 0.15) is 26.2 Å². The lowest BCUT2D eigenvalue weighted by molar-refractivity contribution is 0.241. The molecule has 9 heavy (non-hydrogen) atoms.